The van der Waals surface area contributed by atoms with Crippen LogP contribution in [0, 0.1) is 23.2 Å². The van der Waals surface area contributed by atoms with Crippen molar-refractivity contribution in [3.05, 3.63) is 76.7 Å². The number of amides is 1. The maximum Gasteiger partial charge on any atom is 0.259 e. The molecule has 1 aromatic carbocycles. The summed E-state index contributed by atoms with van der Waals surface area (Å²) in [5.74, 6) is 1.63. The van der Waals surface area contributed by atoms with Crippen molar-refractivity contribution in [2.24, 2.45) is 18.9 Å². The maximum atomic E-state index is 13.7. The average Bonchev–Trinajstić information content (AvgIpc) is 3.71. The second kappa shape index (κ2) is 11.3. The van der Waals surface area contributed by atoms with Crippen LogP contribution in [0.15, 0.2) is 49.1 Å². The van der Waals surface area contributed by atoms with Gasteiger partial charge in [0.2, 0.25) is 0 Å². The van der Waals surface area contributed by atoms with Gasteiger partial charge in [-0.15, -0.1) is 10.2 Å². The SMILES string of the molecule is C[C@@H](NCc1cc(C(=O)Nc2cccc(C3(c4nncn4C)CC(CC#N)C3)c2)c2ncc(Cl)n2c1)C1CCCC1. The molecule has 41 heavy (non-hydrogen) atoms. The highest BCUT2D eigenvalue weighted by molar-refractivity contribution is 6.30. The van der Waals surface area contributed by atoms with Gasteiger partial charge in [-0.2, -0.15) is 5.26 Å². The molecule has 0 saturated heterocycles. The van der Waals surface area contributed by atoms with E-state index in [1.807, 2.05) is 42.1 Å². The highest BCUT2D eigenvalue weighted by Gasteiger charge is 2.49. The number of hydrogen-bond acceptors (Lipinski definition) is 6. The Balaban J connectivity index is 1.26. The Kier molecular flexibility index (Phi) is 7.54. The van der Waals surface area contributed by atoms with E-state index in [1.54, 1.807) is 16.9 Å². The minimum absolute atomic E-state index is 0.246. The molecule has 1 amide bonds. The maximum absolute atomic E-state index is 13.7. The third-order valence-electron chi connectivity index (χ3n) is 9.06. The number of carbonyl (C=O) groups excluding carboxylic acids is 1. The summed E-state index contributed by atoms with van der Waals surface area (Å²) in [5, 5.41) is 25.0. The summed E-state index contributed by atoms with van der Waals surface area (Å²) < 4.78 is 3.72. The van der Waals surface area contributed by atoms with Gasteiger partial charge in [0, 0.05) is 37.9 Å². The van der Waals surface area contributed by atoms with Crippen LogP contribution in [0.1, 0.15) is 79.2 Å². The van der Waals surface area contributed by atoms with Gasteiger partial charge in [-0.05, 0) is 73.8 Å². The normalized spacial score (nSPS) is 21.5. The van der Waals surface area contributed by atoms with Crippen molar-refractivity contribution < 1.29 is 4.79 Å². The largest absolute Gasteiger partial charge is 0.322 e. The molecule has 1 atom stereocenters. The number of aromatic nitrogens is 5. The highest BCUT2D eigenvalue weighted by Crippen LogP contribution is 2.53. The minimum Gasteiger partial charge on any atom is -0.322 e. The molecule has 0 unspecified atom stereocenters. The molecule has 9 nitrogen and oxygen atoms in total. The zero-order valence-corrected chi connectivity index (χ0v) is 24.2. The van der Waals surface area contributed by atoms with Crippen LogP contribution in [-0.4, -0.2) is 36.1 Å². The fourth-order valence-electron chi connectivity index (χ4n) is 6.84. The third-order valence-corrected chi connectivity index (χ3v) is 9.34. The lowest BCUT2D eigenvalue weighted by Gasteiger charge is -2.46. The Morgan fingerprint density at radius 1 is 1.27 bits per heavy atom. The number of halogens is 1. The molecule has 0 bridgehead atoms. The molecular formula is C31H35ClN8O. The van der Waals surface area contributed by atoms with Crippen molar-refractivity contribution in [3.8, 4) is 6.07 Å². The molecule has 10 heteroatoms. The molecule has 0 radical (unpaired) electrons. The summed E-state index contributed by atoms with van der Waals surface area (Å²) in [6.07, 6.45) is 12.5. The number of fused-ring (bicyclic) bond motifs is 1. The van der Waals surface area contributed by atoms with Crippen molar-refractivity contribution in [2.75, 3.05) is 5.32 Å². The van der Waals surface area contributed by atoms with Crippen LogP contribution in [0.2, 0.25) is 5.15 Å². The van der Waals surface area contributed by atoms with Gasteiger partial charge in [0.25, 0.3) is 5.91 Å². The molecule has 212 valence electrons. The number of aryl methyl sites for hydroxylation is 1. The Morgan fingerprint density at radius 2 is 2.07 bits per heavy atom. The van der Waals surface area contributed by atoms with Gasteiger partial charge in [0.05, 0.1) is 23.2 Å². The van der Waals surface area contributed by atoms with Crippen LogP contribution in [0.3, 0.4) is 0 Å². The van der Waals surface area contributed by atoms with Gasteiger partial charge in [-0.1, -0.05) is 36.6 Å². The van der Waals surface area contributed by atoms with E-state index in [0.717, 1.165) is 29.8 Å². The fraction of sp³-hybridized carbons (Fsp3) is 0.452. The number of pyridine rings is 1. The Hall–Kier alpha value is -3.74. The molecular weight excluding hydrogens is 536 g/mol. The summed E-state index contributed by atoms with van der Waals surface area (Å²) in [6, 6.07) is 12.5. The number of imidazole rings is 1. The van der Waals surface area contributed by atoms with Gasteiger partial charge < -0.3 is 15.2 Å². The van der Waals surface area contributed by atoms with E-state index in [1.165, 1.54) is 25.7 Å². The number of nitrogens with zero attached hydrogens (tertiary/aromatic N) is 6. The van der Waals surface area contributed by atoms with Crippen molar-refractivity contribution in [3.63, 3.8) is 0 Å². The van der Waals surface area contributed by atoms with E-state index in [0.29, 0.717) is 52.9 Å². The molecule has 2 N–H and O–H groups in total. The first-order chi connectivity index (χ1) is 19.9. The molecule has 3 heterocycles. The van der Waals surface area contributed by atoms with Gasteiger partial charge in [-0.3, -0.25) is 9.20 Å². The molecule has 2 aliphatic carbocycles. The van der Waals surface area contributed by atoms with Gasteiger partial charge in [-0.25, -0.2) is 4.98 Å². The van der Waals surface area contributed by atoms with Crippen LogP contribution >= 0.6 is 11.6 Å². The molecule has 2 aliphatic rings. The number of benzene rings is 1. The lowest BCUT2D eigenvalue weighted by atomic mass is 9.57. The average molecular weight is 571 g/mol. The predicted octanol–water partition coefficient (Wildman–Crippen LogP) is 5.65. The minimum atomic E-state index is -0.348. The number of nitriles is 1. The molecule has 2 saturated carbocycles. The van der Waals surface area contributed by atoms with Crippen molar-refractivity contribution in [1.29, 1.82) is 5.26 Å². The zero-order chi connectivity index (χ0) is 28.6. The van der Waals surface area contributed by atoms with E-state index < -0.39 is 0 Å². The van der Waals surface area contributed by atoms with Crippen LogP contribution in [0.5, 0.6) is 0 Å². The van der Waals surface area contributed by atoms with Gasteiger partial charge in [0.1, 0.15) is 17.3 Å². The van der Waals surface area contributed by atoms with E-state index >= 15 is 0 Å². The highest BCUT2D eigenvalue weighted by atomic mass is 35.5. The first kappa shape index (κ1) is 27.4. The number of hydrogen-bond donors (Lipinski definition) is 2. The lowest BCUT2D eigenvalue weighted by Crippen LogP contribution is -2.44. The monoisotopic (exact) mass is 570 g/mol. The summed E-state index contributed by atoms with van der Waals surface area (Å²) in [6.45, 7) is 2.89. The molecule has 4 aromatic rings. The Labute approximate surface area is 244 Å². The first-order valence-corrected chi connectivity index (χ1v) is 14.8. The van der Waals surface area contributed by atoms with Gasteiger partial charge >= 0.3 is 0 Å². The number of nitrogens with one attached hydrogen (secondary N) is 2. The van der Waals surface area contributed by atoms with Crippen molar-refractivity contribution in [1.82, 2.24) is 29.5 Å². The quantitative estimate of drug-likeness (QED) is 0.269. The third kappa shape index (κ3) is 5.22. The summed E-state index contributed by atoms with van der Waals surface area (Å²) in [4.78, 5) is 18.1. The second-order valence-electron chi connectivity index (χ2n) is 11.8. The molecule has 0 aliphatic heterocycles. The van der Waals surface area contributed by atoms with Crippen molar-refractivity contribution in [2.45, 2.75) is 69.9 Å². The number of rotatable bonds is 9. The smallest absolute Gasteiger partial charge is 0.259 e. The van der Waals surface area contributed by atoms with Crippen LogP contribution < -0.4 is 10.6 Å². The van der Waals surface area contributed by atoms with E-state index in [9.17, 15) is 10.1 Å². The topological polar surface area (TPSA) is 113 Å². The Bertz CT molecular complexity index is 1610. The van der Waals surface area contributed by atoms with E-state index in [4.69, 9.17) is 11.6 Å². The molecule has 6 rings (SSSR count). The van der Waals surface area contributed by atoms with E-state index in [2.05, 4.69) is 44.9 Å². The lowest BCUT2D eigenvalue weighted by molar-refractivity contribution is 0.102. The van der Waals surface area contributed by atoms with Crippen LogP contribution in [0.4, 0.5) is 5.69 Å². The Morgan fingerprint density at radius 3 is 2.80 bits per heavy atom. The predicted molar refractivity (Wildman–Crippen MR) is 158 cm³/mol. The molecule has 2 fully saturated rings. The molecule has 3 aromatic heterocycles. The van der Waals surface area contributed by atoms with Crippen LogP contribution in [-0.2, 0) is 19.0 Å². The standard InChI is InChI=1S/C31H35ClN8O/c1-20(23-6-3-4-7-23)34-16-22-12-26(28-35-17-27(32)40(28)18-22)29(41)37-25-9-5-8-24(13-25)31(14-21(15-31)10-11-33)30-38-36-19-39(30)2/h5,8-9,12-13,17-21,23,34H,3-4,6-7,10,14-16H2,1-2H3,(H,37,41)/t20-,21?,31?/m1/s1. The first-order valence-electron chi connectivity index (χ1n) is 14.4. The fourth-order valence-corrected chi connectivity index (χ4v) is 7.02. The summed E-state index contributed by atoms with van der Waals surface area (Å²) in [7, 11) is 1.94. The zero-order valence-electron chi connectivity index (χ0n) is 23.5. The van der Waals surface area contributed by atoms with Gasteiger partial charge in [0.15, 0.2) is 5.65 Å². The molecule has 0 spiro atoms. The van der Waals surface area contributed by atoms with Crippen molar-refractivity contribution >= 4 is 28.8 Å². The second-order valence-corrected chi connectivity index (χ2v) is 12.2. The van der Waals surface area contributed by atoms with E-state index in [-0.39, 0.29) is 11.3 Å². The number of carbonyl (C=O) groups is 1. The summed E-state index contributed by atoms with van der Waals surface area (Å²) in [5.41, 5.74) is 3.35. The number of anilines is 1. The van der Waals surface area contributed by atoms with Crippen LogP contribution in [0.25, 0.3) is 5.65 Å². The summed E-state index contributed by atoms with van der Waals surface area (Å²) >= 11 is 6.45.